The SMILES string of the molecule is CCCCNC(=O)[C@@H](Cc1ccccc1)N(Cc1ccc(C)cc1)C(=O)CCc1ccccc1Cl. The van der Waals surface area contributed by atoms with Crippen molar-refractivity contribution >= 4 is 23.4 Å². The lowest BCUT2D eigenvalue weighted by atomic mass is 10.0. The molecule has 184 valence electrons. The van der Waals surface area contributed by atoms with E-state index >= 15 is 0 Å². The number of halogens is 1. The van der Waals surface area contributed by atoms with Crippen LogP contribution in [-0.2, 0) is 29.0 Å². The maximum absolute atomic E-state index is 13.7. The van der Waals surface area contributed by atoms with Crippen LogP contribution in [0.15, 0.2) is 78.9 Å². The number of rotatable bonds is 12. The van der Waals surface area contributed by atoms with E-state index in [-0.39, 0.29) is 18.2 Å². The van der Waals surface area contributed by atoms with Crippen LogP contribution in [0.25, 0.3) is 0 Å². The molecule has 0 aliphatic rings. The highest BCUT2D eigenvalue weighted by molar-refractivity contribution is 6.31. The van der Waals surface area contributed by atoms with Crippen LogP contribution in [0, 0.1) is 6.92 Å². The summed E-state index contributed by atoms with van der Waals surface area (Å²) in [6.45, 7) is 5.11. The number of benzene rings is 3. The molecule has 0 aromatic heterocycles. The second kappa shape index (κ2) is 13.7. The normalized spacial score (nSPS) is 11.6. The van der Waals surface area contributed by atoms with Crippen molar-refractivity contribution in [2.24, 2.45) is 0 Å². The lowest BCUT2D eigenvalue weighted by Gasteiger charge is -2.32. The standard InChI is InChI=1S/C30H35ClN2O2/c1-3-4-20-32-30(35)28(21-24-10-6-5-7-11-24)33(22-25-16-14-23(2)15-17-25)29(34)19-18-26-12-8-9-13-27(26)31/h5-17,28H,3-4,18-22H2,1-2H3,(H,32,35)/t28-/m1/s1. The zero-order valence-corrected chi connectivity index (χ0v) is 21.4. The van der Waals surface area contributed by atoms with E-state index < -0.39 is 6.04 Å². The predicted octanol–water partition coefficient (Wildman–Crippen LogP) is 6.14. The van der Waals surface area contributed by atoms with Crippen LogP contribution in [0.3, 0.4) is 0 Å². The Morgan fingerprint density at radius 2 is 1.60 bits per heavy atom. The van der Waals surface area contributed by atoms with Crippen LogP contribution in [-0.4, -0.2) is 29.3 Å². The lowest BCUT2D eigenvalue weighted by molar-refractivity contribution is -0.141. The number of unbranched alkanes of at least 4 members (excludes halogenated alkanes) is 1. The van der Waals surface area contributed by atoms with Crippen molar-refractivity contribution in [1.29, 1.82) is 0 Å². The summed E-state index contributed by atoms with van der Waals surface area (Å²) in [4.78, 5) is 28.8. The van der Waals surface area contributed by atoms with Crippen LogP contribution >= 0.6 is 11.6 Å². The molecule has 3 rings (SSSR count). The minimum absolute atomic E-state index is 0.0583. The van der Waals surface area contributed by atoms with E-state index in [4.69, 9.17) is 11.6 Å². The zero-order valence-electron chi connectivity index (χ0n) is 20.7. The molecule has 0 radical (unpaired) electrons. The fourth-order valence-electron chi connectivity index (χ4n) is 4.04. The summed E-state index contributed by atoms with van der Waals surface area (Å²) in [5.74, 6) is -0.169. The van der Waals surface area contributed by atoms with Crippen LogP contribution < -0.4 is 5.32 Å². The first kappa shape index (κ1) is 26.5. The molecule has 0 aliphatic heterocycles. The number of carbonyl (C=O) groups excluding carboxylic acids is 2. The molecule has 0 unspecified atom stereocenters. The molecule has 3 aromatic carbocycles. The molecule has 0 saturated heterocycles. The number of nitrogens with one attached hydrogen (secondary N) is 1. The Balaban J connectivity index is 1.88. The van der Waals surface area contributed by atoms with Crippen molar-refractivity contribution in [3.63, 3.8) is 0 Å². The quantitative estimate of drug-likeness (QED) is 0.310. The molecule has 2 amide bonds. The third-order valence-corrected chi connectivity index (χ3v) is 6.51. The molecule has 4 nitrogen and oxygen atoms in total. The van der Waals surface area contributed by atoms with Crippen molar-refractivity contribution in [1.82, 2.24) is 10.2 Å². The summed E-state index contributed by atoms with van der Waals surface area (Å²) in [7, 11) is 0. The fraction of sp³-hybridized carbons (Fsp3) is 0.333. The first-order chi connectivity index (χ1) is 17.0. The number of hydrogen-bond acceptors (Lipinski definition) is 2. The molecule has 0 aliphatic carbocycles. The van der Waals surface area contributed by atoms with Crippen molar-refractivity contribution in [2.45, 2.75) is 58.5 Å². The maximum Gasteiger partial charge on any atom is 0.243 e. The summed E-state index contributed by atoms with van der Waals surface area (Å²) < 4.78 is 0. The van der Waals surface area contributed by atoms with Crippen LogP contribution in [0.5, 0.6) is 0 Å². The molecule has 0 spiro atoms. The Bertz CT molecular complexity index is 1080. The number of carbonyl (C=O) groups is 2. The highest BCUT2D eigenvalue weighted by atomic mass is 35.5. The number of hydrogen-bond donors (Lipinski definition) is 1. The highest BCUT2D eigenvalue weighted by Crippen LogP contribution is 2.20. The molecule has 5 heteroatoms. The summed E-state index contributed by atoms with van der Waals surface area (Å²) in [6, 6.07) is 25.0. The van der Waals surface area contributed by atoms with E-state index in [9.17, 15) is 9.59 Å². The summed E-state index contributed by atoms with van der Waals surface area (Å²) in [5, 5.41) is 3.72. The van der Waals surface area contributed by atoms with E-state index in [0.717, 1.165) is 35.1 Å². The molecule has 3 aromatic rings. The molecule has 1 N–H and O–H groups in total. The average Bonchev–Trinajstić information content (AvgIpc) is 2.87. The van der Waals surface area contributed by atoms with Crippen molar-refractivity contribution in [3.8, 4) is 0 Å². The van der Waals surface area contributed by atoms with E-state index in [2.05, 4.69) is 12.2 Å². The van der Waals surface area contributed by atoms with Gasteiger partial charge in [-0.15, -0.1) is 0 Å². The van der Waals surface area contributed by atoms with Gasteiger partial charge in [-0.05, 0) is 42.5 Å². The Hall–Kier alpha value is -3.11. The van der Waals surface area contributed by atoms with Crippen LogP contribution in [0.4, 0.5) is 0 Å². The van der Waals surface area contributed by atoms with Crippen molar-refractivity contribution in [2.75, 3.05) is 6.54 Å². The molecule has 0 fully saturated rings. The van der Waals surface area contributed by atoms with Gasteiger partial charge in [0, 0.05) is 31.0 Å². The fourth-order valence-corrected chi connectivity index (χ4v) is 4.27. The van der Waals surface area contributed by atoms with Gasteiger partial charge < -0.3 is 10.2 Å². The zero-order chi connectivity index (χ0) is 25.0. The van der Waals surface area contributed by atoms with E-state index in [1.54, 1.807) is 4.90 Å². The van der Waals surface area contributed by atoms with Gasteiger partial charge >= 0.3 is 0 Å². The van der Waals surface area contributed by atoms with E-state index in [1.807, 2.05) is 85.8 Å². The van der Waals surface area contributed by atoms with Gasteiger partial charge in [-0.3, -0.25) is 9.59 Å². The van der Waals surface area contributed by atoms with Gasteiger partial charge in [-0.25, -0.2) is 0 Å². The molecule has 0 bridgehead atoms. The first-order valence-corrected chi connectivity index (χ1v) is 12.8. The number of nitrogens with zero attached hydrogens (tertiary/aromatic N) is 1. The largest absolute Gasteiger partial charge is 0.354 e. The Labute approximate surface area is 214 Å². The third-order valence-electron chi connectivity index (χ3n) is 6.14. The van der Waals surface area contributed by atoms with Crippen molar-refractivity contribution < 1.29 is 9.59 Å². The molecular formula is C30H35ClN2O2. The average molecular weight is 491 g/mol. The minimum atomic E-state index is -0.602. The van der Waals surface area contributed by atoms with Crippen LogP contribution in [0.2, 0.25) is 5.02 Å². The Morgan fingerprint density at radius 3 is 2.29 bits per heavy atom. The minimum Gasteiger partial charge on any atom is -0.354 e. The van der Waals surface area contributed by atoms with Crippen molar-refractivity contribution in [3.05, 3.63) is 106 Å². The molecule has 0 saturated carbocycles. The summed E-state index contributed by atoms with van der Waals surface area (Å²) in [6.07, 6.45) is 3.17. The Kier molecular flexibility index (Phi) is 10.4. The molecular weight excluding hydrogens is 456 g/mol. The van der Waals surface area contributed by atoms with Gasteiger partial charge in [0.15, 0.2) is 0 Å². The van der Waals surface area contributed by atoms with Gasteiger partial charge in [0.25, 0.3) is 0 Å². The molecule has 35 heavy (non-hydrogen) atoms. The number of aryl methyl sites for hydroxylation is 2. The topological polar surface area (TPSA) is 49.4 Å². The predicted molar refractivity (Wildman–Crippen MR) is 143 cm³/mol. The Morgan fingerprint density at radius 1 is 0.914 bits per heavy atom. The number of amides is 2. The smallest absolute Gasteiger partial charge is 0.243 e. The highest BCUT2D eigenvalue weighted by Gasteiger charge is 2.30. The van der Waals surface area contributed by atoms with E-state index in [1.165, 1.54) is 0 Å². The second-order valence-electron chi connectivity index (χ2n) is 8.95. The second-order valence-corrected chi connectivity index (χ2v) is 9.36. The maximum atomic E-state index is 13.7. The molecule has 1 atom stereocenters. The monoisotopic (exact) mass is 490 g/mol. The lowest BCUT2D eigenvalue weighted by Crippen LogP contribution is -2.50. The van der Waals surface area contributed by atoms with E-state index in [0.29, 0.717) is 31.0 Å². The van der Waals surface area contributed by atoms with Gasteiger partial charge in [0.05, 0.1) is 0 Å². The van der Waals surface area contributed by atoms with Gasteiger partial charge in [0.2, 0.25) is 11.8 Å². The summed E-state index contributed by atoms with van der Waals surface area (Å²) >= 11 is 6.33. The van der Waals surface area contributed by atoms with Crippen LogP contribution in [0.1, 0.15) is 48.4 Å². The summed E-state index contributed by atoms with van der Waals surface area (Å²) in [5.41, 5.74) is 4.12. The third kappa shape index (κ3) is 8.25. The van der Waals surface area contributed by atoms with Gasteiger partial charge in [-0.2, -0.15) is 0 Å². The first-order valence-electron chi connectivity index (χ1n) is 12.4. The van der Waals surface area contributed by atoms with Gasteiger partial charge in [0.1, 0.15) is 6.04 Å². The molecule has 0 heterocycles. The van der Waals surface area contributed by atoms with Gasteiger partial charge in [-0.1, -0.05) is 103 Å².